The molecule has 0 saturated carbocycles. The highest BCUT2D eigenvalue weighted by Crippen LogP contribution is 2.28. The molecule has 23 heavy (non-hydrogen) atoms. The topological polar surface area (TPSA) is 84.4 Å². The molecule has 2 heterocycles. The highest BCUT2D eigenvalue weighted by Gasteiger charge is 2.28. The molecule has 1 fully saturated rings. The first-order valence-electron chi connectivity index (χ1n) is 6.89. The number of aryl methyl sites for hydroxylation is 1. The van der Waals surface area contributed by atoms with Gasteiger partial charge in [-0.15, -0.1) is 10.2 Å². The number of imide groups is 1. The molecule has 1 aromatic carbocycles. The van der Waals surface area contributed by atoms with Gasteiger partial charge in [0.05, 0.1) is 12.3 Å². The number of cyclic esters (lactones) is 1. The molecule has 1 aromatic heterocycles. The first-order chi connectivity index (χ1) is 11.1. The van der Waals surface area contributed by atoms with Crippen molar-refractivity contribution in [2.75, 3.05) is 24.2 Å². The lowest BCUT2D eigenvalue weighted by Gasteiger charge is -2.08. The van der Waals surface area contributed by atoms with E-state index in [4.69, 9.17) is 4.74 Å². The van der Waals surface area contributed by atoms with Gasteiger partial charge in [0.15, 0.2) is 4.34 Å². The van der Waals surface area contributed by atoms with Crippen LogP contribution in [0.2, 0.25) is 0 Å². The molecule has 1 N–H and O–H groups in total. The van der Waals surface area contributed by atoms with Gasteiger partial charge in [-0.3, -0.25) is 4.79 Å². The van der Waals surface area contributed by atoms with Crippen LogP contribution in [0.15, 0.2) is 28.6 Å². The van der Waals surface area contributed by atoms with Gasteiger partial charge in [-0.1, -0.05) is 35.2 Å². The lowest BCUT2D eigenvalue weighted by molar-refractivity contribution is -0.125. The summed E-state index contributed by atoms with van der Waals surface area (Å²) in [6.45, 7) is 2.59. The van der Waals surface area contributed by atoms with E-state index in [0.717, 1.165) is 16.2 Å². The number of ether oxygens (including phenoxy) is 1. The minimum atomic E-state index is -0.574. The third-order valence-corrected chi connectivity index (χ3v) is 5.01. The Balaban J connectivity index is 1.55. The molecule has 1 aliphatic heterocycles. The maximum absolute atomic E-state index is 11.9. The van der Waals surface area contributed by atoms with Gasteiger partial charge >= 0.3 is 6.09 Å². The fourth-order valence-electron chi connectivity index (χ4n) is 1.99. The van der Waals surface area contributed by atoms with Crippen molar-refractivity contribution in [3.8, 4) is 0 Å². The summed E-state index contributed by atoms with van der Waals surface area (Å²) in [5.41, 5.74) is 2.09. The van der Waals surface area contributed by atoms with Gasteiger partial charge in [0, 0.05) is 5.69 Å². The Kier molecular flexibility index (Phi) is 4.77. The summed E-state index contributed by atoms with van der Waals surface area (Å²) in [5, 5.41) is 11.9. The van der Waals surface area contributed by atoms with Crippen molar-refractivity contribution < 1.29 is 14.3 Å². The second-order valence-corrected chi connectivity index (χ2v) is 7.02. The molecular formula is C14H14N4O3S2. The van der Waals surface area contributed by atoms with E-state index >= 15 is 0 Å². The summed E-state index contributed by atoms with van der Waals surface area (Å²) in [4.78, 5) is 24.3. The van der Waals surface area contributed by atoms with E-state index in [-0.39, 0.29) is 18.3 Å². The zero-order chi connectivity index (χ0) is 16.2. The first kappa shape index (κ1) is 15.8. The number of rotatable bonds is 5. The number of amides is 2. The quantitative estimate of drug-likeness (QED) is 0.830. The summed E-state index contributed by atoms with van der Waals surface area (Å²) >= 11 is 2.62. The molecule has 7 nitrogen and oxygen atoms in total. The van der Waals surface area contributed by atoms with Crippen LogP contribution in [0.3, 0.4) is 0 Å². The van der Waals surface area contributed by atoms with Crippen LogP contribution in [-0.2, 0) is 9.53 Å². The number of hydrogen-bond donors (Lipinski definition) is 1. The molecule has 3 rings (SSSR count). The third-order valence-electron chi connectivity index (χ3n) is 3.06. The number of hydrogen-bond acceptors (Lipinski definition) is 8. The van der Waals surface area contributed by atoms with E-state index in [9.17, 15) is 9.59 Å². The number of carbonyl (C=O) groups excluding carboxylic acids is 2. The molecule has 0 radical (unpaired) electrons. The van der Waals surface area contributed by atoms with Gasteiger partial charge in [0.2, 0.25) is 11.0 Å². The van der Waals surface area contributed by atoms with Crippen molar-refractivity contribution in [1.82, 2.24) is 15.1 Å². The molecule has 1 saturated heterocycles. The van der Waals surface area contributed by atoms with Gasteiger partial charge in [-0.2, -0.15) is 0 Å². The SMILES string of the molecule is Cc1cccc(Nc2nnc(SCC(=O)N3CCOC3=O)s2)c1. The van der Waals surface area contributed by atoms with Crippen LogP contribution in [0.1, 0.15) is 5.56 Å². The summed E-state index contributed by atoms with van der Waals surface area (Å²) in [7, 11) is 0. The number of nitrogens with one attached hydrogen (secondary N) is 1. The average molecular weight is 350 g/mol. The maximum Gasteiger partial charge on any atom is 0.416 e. The van der Waals surface area contributed by atoms with E-state index < -0.39 is 6.09 Å². The Hall–Kier alpha value is -2.13. The minimum Gasteiger partial charge on any atom is -0.447 e. The lowest BCUT2D eigenvalue weighted by Crippen LogP contribution is -2.32. The fraction of sp³-hybridized carbons (Fsp3) is 0.286. The van der Waals surface area contributed by atoms with E-state index in [0.29, 0.717) is 16.0 Å². The molecule has 9 heteroatoms. The van der Waals surface area contributed by atoms with Gasteiger partial charge in [0.25, 0.3) is 0 Å². The summed E-state index contributed by atoms with van der Waals surface area (Å²) in [6, 6.07) is 7.93. The monoisotopic (exact) mass is 350 g/mol. The molecule has 2 aromatic rings. The summed E-state index contributed by atoms with van der Waals surface area (Å²) in [6.07, 6.45) is -0.574. The molecule has 120 valence electrons. The number of anilines is 2. The fourth-order valence-corrected chi connectivity index (χ4v) is 3.63. The van der Waals surface area contributed by atoms with Gasteiger partial charge in [0.1, 0.15) is 6.61 Å². The molecule has 2 amide bonds. The molecule has 0 bridgehead atoms. The van der Waals surface area contributed by atoms with Crippen molar-refractivity contribution in [2.45, 2.75) is 11.3 Å². The van der Waals surface area contributed by atoms with Crippen molar-refractivity contribution in [2.24, 2.45) is 0 Å². The van der Waals surface area contributed by atoms with E-state index in [1.54, 1.807) is 0 Å². The van der Waals surface area contributed by atoms with Gasteiger partial charge in [-0.05, 0) is 24.6 Å². The number of thioether (sulfide) groups is 1. The molecule has 1 aliphatic rings. The van der Waals surface area contributed by atoms with Crippen LogP contribution in [0.4, 0.5) is 15.6 Å². The van der Waals surface area contributed by atoms with Gasteiger partial charge < -0.3 is 10.1 Å². The Morgan fingerprint density at radius 2 is 2.35 bits per heavy atom. The second-order valence-electron chi connectivity index (χ2n) is 4.82. The van der Waals surface area contributed by atoms with Crippen LogP contribution in [0, 0.1) is 6.92 Å². The Labute approximate surface area is 141 Å². The second kappa shape index (κ2) is 6.97. The Morgan fingerprint density at radius 3 is 3.09 bits per heavy atom. The predicted molar refractivity (Wildman–Crippen MR) is 88.2 cm³/mol. The molecular weight excluding hydrogens is 336 g/mol. The van der Waals surface area contributed by atoms with E-state index in [2.05, 4.69) is 15.5 Å². The highest BCUT2D eigenvalue weighted by atomic mass is 32.2. The van der Waals surface area contributed by atoms with Crippen LogP contribution in [0.5, 0.6) is 0 Å². The third kappa shape index (κ3) is 3.99. The zero-order valence-electron chi connectivity index (χ0n) is 12.3. The Morgan fingerprint density at radius 1 is 1.48 bits per heavy atom. The number of carbonyl (C=O) groups is 2. The van der Waals surface area contributed by atoms with Crippen LogP contribution < -0.4 is 5.32 Å². The molecule has 0 atom stereocenters. The van der Waals surface area contributed by atoms with Gasteiger partial charge in [-0.25, -0.2) is 9.69 Å². The van der Waals surface area contributed by atoms with Crippen LogP contribution >= 0.6 is 23.1 Å². The van der Waals surface area contributed by atoms with Crippen molar-refractivity contribution in [3.05, 3.63) is 29.8 Å². The molecule has 0 aliphatic carbocycles. The number of benzene rings is 1. The van der Waals surface area contributed by atoms with E-state index in [1.165, 1.54) is 23.1 Å². The Bertz CT molecular complexity index is 734. The smallest absolute Gasteiger partial charge is 0.416 e. The van der Waals surface area contributed by atoms with Crippen LogP contribution in [0.25, 0.3) is 0 Å². The summed E-state index contributed by atoms with van der Waals surface area (Å²) in [5.74, 6) is -0.144. The van der Waals surface area contributed by atoms with E-state index in [1.807, 2.05) is 31.2 Å². The normalized spacial score (nSPS) is 14.0. The first-order valence-corrected chi connectivity index (χ1v) is 8.69. The predicted octanol–water partition coefficient (Wildman–Crippen LogP) is 2.66. The number of aromatic nitrogens is 2. The molecule has 0 unspecified atom stereocenters. The lowest BCUT2D eigenvalue weighted by atomic mass is 10.2. The summed E-state index contributed by atoms with van der Waals surface area (Å²) < 4.78 is 5.41. The van der Waals surface area contributed by atoms with Crippen molar-refractivity contribution >= 4 is 45.9 Å². The van der Waals surface area contributed by atoms with Crippen molar-refractivity contribution in [1.29, 1.82) is 0 Å². The number of nitrogens with zero attached hydrogens (tertiary/aromatic N) is 3. The standard InChI is InChI=1S/C14H14N4O3S2/c1-9-3-2-4-10(7-9)15-12-16-17-13(23-12)22-8-11(19)18-5-6-21-14(18)20/h2-4,7H,5-6,8H2,1H3,(H,15,16). The van der Waals surface area contributed by atoms with Crippen molar-refractivity contribution in [3.63, 3.8) is 0 Å². The molecule has 0 spiro atoms. The largest absolute Gasteiger partial charge is 0.447 e. The minimum absolute atomic E-state index is 0.133. The maximum atomic E-state index is 11.9. The highest BCUT2D eigenvalue weighted by molar-refractivity contribution is 8.01. The van der Waals surface area contributed by atoms with Crippen LogP contribution in [-0.4, -0.2) is 46.0 Å². The zero-order valence-corrected chi connectivity index (χ0v) is 13.9. The average Bonchev–Trinajstić information content (AvgIpc) is 3.14.